The zero-order valence-electron chi connectivity index (χ0n) is 17.6. The number of aromatic nitrogens is 3. The third-order valence-electron chi connectivity index (χ3n) is 5.71. The summed E-state index contributed by atoms with van der Waals surface area (Å²) in [7, 11) is 1.68. The summed E-state index contributed by atoms with van der Waals surface area (Å²) >= 11 is 5.81. The zero-order chi connectivity index (χ0) is 21.9. The summed E-state index contributed by atoms with van der Waals surface area (Å²) in [6.45, 7) is 0.672. The maximum absolute atomic E-state index is 5.81. The number of nitrogens with one attached hydrogen (secondary N) is 1. The number of rotatable bonds is 6. The van der Waals surface area contributed by atoms with Gasteiger partial charge in [0, 0.05) is 48.8 Å². The molecule has 32 heavy (non-hydrogen) atoms. The molecule has 2 atom stereocenters. The maximum atomic E-state index is 5.81. The van der Waals surface area contributed by atoms with E-state index in [0.29, 0.717) is 11.7 Å². The molecule has 0 radical (unpaired) electrons. The van der Waals surface area contributed by atoms with Gasteiger partial charge in [-0.15, -0.1) is 0 Å². The van der Waals surface area contributed by atoms with Gasteiger partial charge in [0.1, 0.15) is 5.75 Å². The van der Waals surface area contributed by atoms with Gasteiger partial charge < -0.3 is 19.5 Å². The van der Waals surface area contributed by atoms with Crippen molar-refractivity contribution in [1.82, 2.24) is 24.8 Å². The summed E-state index contributed by atoms with van der Waals surface area (Å²) < 4.78 is 7.65. The Morgan fingerprint density at radius 1 is 1.00 bits per heavy atom. The largest absolute Gasteiger partial charge is 0.497 e. The molecule has 160 valence electrons. The van der Waals surface area contributed by atoms with Gasteiger partial charge in [-0.05, 0) is 66.3 Å². The summed E-state index contributed by atoms with van der Waals surface area (Å²) in [6.07, 6.45) is 7.52. The molecule has 6 nitrogen and oxygen atoms in total. The Bertz CT molecular complexity index is 1210. The highest BCUT2D eigenvalue weighted by Crippen LogP contribution is 2.40. The van der Waals surface area contributed by atoms with E-state index in [2.05, 4.69) is 49.1 Å². The van der Waals surface area contributed by atoms with Crippen molar-refractivity contribution in [3.8, 4) is 11.4 Å². The quantitative estimate of drug-likeness (QED) is 0.446. The van der Waals surface area contributed by atoms with E-state index in [4.69, 9.17) is 17.0 Å². The van der Waals surface area contributed by atoms with Crippen LogP contribution < -0.4 is 10.1 Å². The van der Waals surface area contributed by atoms with E-state index in [9.17, 15) is 0 Å². The lowest BCUT2D eigenvalue weighted by Gasteiger charge is -2.29. The van der Waals surface area contributed by atoms with Gasteiger partial charge in [0.15, 0.2) is 5.11 Å². The van der Waals surface area contributed by atoms with Crippen LogP contribution in [0, 0.1) is 0 Å². The van der Waals surface area contributed by atoms with Crippen LogP contribution in [-0.4, -0.2) is 31.7 Å². The van der Waals surface area contributed by atoms with Gasteiger partial charge in [-0.3, -0.25) is 9.97 Å². The Balaban J connectivity index is 1.60. The van der Waals surface area contributed by atoms with E-state index in [1.165, 1.54) is 0 Å². The molecule has 0 amide bonds. The normalized spacial score (nSPS) is 17.9. The van der Waals surface area contributed by atoms with E-state index in [-0.39, 0.29) is 12.1 Å². The average Bonchev–Trinajstić information content (AvgIpc) is 3.45. The predicted octanol–water partition coefficient (Wildman–Crippen LogP) is 4.45. The van der Waals surface area contributed by atoms with Crippen LogP contribution in [0.1, 0.15) is 29.0 Å². The second-order valence-corrected chi connectivity index (χ2v) is 8.00. The highest BCUT2D eigenvalue weighted by atomic mass is 32.1. The van der Waals surface area contributed by atoms with Gasteiger partial charge in [-0.1, -0.05) is 12.1 Å². The Morgan fingerprint density at radius 3 is 2.66 bits per heavy atom. The average molecular weight is 442 g/mol. The van der Waals surface area contributed by atoms with Gasteiger partial charge in [0.2, 0.25) is 0 Å². The van der Waals surface area contributed by atoms with Crippen LogP contribution in [0.15, 0.2) is 91.5 Å². The van der Waals surface area contributed by atoms with Crippen LogP contribution >= 0.6 is 12.2 Å². The van der Waals surface area contributed by atoms with E-state index in [0.717, 1.165) is 28.4 Å². The summed E-state index contributed by atoms with van der Waals surface area (Å²) in [6, 6.07) is 22.2. The molecule has 0 unspecified atom stereocenters. The second-order valence-electron chi connectivity index (χ2n) is 7.61. The number of benzene rings is 1. The van der Waals surface area contributed by atoms with E-state index in [1.54, 1.807) is 7.11 Å². The number of methoxy groups -OCH3 is 1. The first-order valence-corrected chi connectivity index (χ1v) is 10.8. The Morgan fingerprint density at radius 2 is 1.88 bits per heavy atom. The molecule has 5 rings (SSSR count). The predicted molar refractivity (Wildman–Crippen MR) is 128 cm³/mol. The molecule has 1 saturated heterocycles. The summed E-state index contributed by atoms with van der Waals surface area (Å²) in [5.41, 5.74) is 4.26. The number of ether oxygens (including phenoxy) is 1. The van der Waals surface area contributed by atoms with Crippen molar-refractivity contribution in [2.75, 3.05) is 7.11 Å². The molecule has 0 saturated carbocycles. The first kappa shape index (κ1) is 20.2. The third-order valence-corrected chi connectivity index (χ3v) is 6.07. The first-order valence-electron chi connectivity index (χ1n) is 10.4. The molecule has 4 aromatic rings. The number of hydrogen-bond acceptors (Lipinski definition) is 4. The lowest BCUT2D eigenvalue weighted by atomic mass is 10.0. The molecule has 1 aliphatic heterocycles. The molecular weight excluding hydrogens is 418 g/mol. The first-order chi connectivity index (χ1) is 15.7. The summed E-state index contributed by atoms with van der Waals surface area (Å²) in [5.74, 6) is 0.817. The Hall–Kier alpha value is -3.71. The number of hydrogen-bond donors (Lipinski definition) is 1. The topological polar surface area (TPSA) is 55.2 Å². The van der Waals surface area contributed by atoms with Crippen molar-refractivity contribution >= 4 is 17.3 Å². The molecule has 7 heteroatoms. The highest BCUT2D eigenvalue weighted by molar-refractivity contribution is 7.80. The molecule has 1 fully saturated rings. The molecule has 4 heterocycles. The van der Waals surface area contributed by atoms with Crippen LogP contribution in [0.3, 0.4) is 0 Å². The number of thiocarbonyl (C=S) groups is 1. The molecule has 0 bridgehead atoms. The van der Waals surface area contributed by atoms with Crippen LogP contribution in [0.25, 0.3) is 5.69 Å². The molecular formula is C25H23N5OS. The van der Waals surface area contributed by atoms with Crippen LogP contribution in [0.5, 0.6) is 5.75 Å². The molecule has 0 spiro atoms. The lowest BCUT2D eigenvalue weighted by molar-refractivity contribution is 0.302. The van der Waals surface area contributed by atoms with Crippen LogP contribution in [0.4, 0.5) is 0 Å². The van der Waals surface area contributed by atoms with E-state index in [1.807, 2.05) is 67.1 Å². The fourth-order valence-electron chi connectivity index (χ4n) is 4.21. The minimum atomic E-state index is -0.0789. The van der Waals surface area contributed by atoms with Crippen molar-refractivity contribution in [2.45, 2.75) is 18.6 Å². The van der Waals surface area contributed by atoms with Gasteiger partial charge in [-0.25, -0.2) is 0 Å². The zero-order valence-corrected chi connectivity index (χ0v) is 18.4. The van der Waals surface area contributed by atoms with Gasteiger partial charge >= 0.3 is 0 Å². The smallest absolute Gasteiger partial charge is 0.170 e. The van der Waals surface area contributed by atoms with Crippen LogP contribution in [-0.2, 0) is 6.54 Å². The summed E-state index contributed by atoms with van der Waals surface area (Å²) in [4.78, 5) is 11.0. The SMILES string of the molecule is COc1cccc(-n2cccc2[C@H]2[C@@H](c3ccccn3)NC(=S)N2Cc2ccncc2)c1. The Labute approximate surface area is 192 Å². The minimum Gasteiger partial charge on any atom is -0.497 e. The molecule has 3 aromatic heterocycles. The Kier molecular flexibility index (Phi) is 5.56. The van der Waals surface area contributed by atoms with Crippen molar-refractivity contribution < 1.29 is 4.74 Å². The molecule has 0 aliphatic carbocycles. The molecule has 1 aliphatic rings. The summed E-state index contributed by atoms with van der Waals surface area (Å²) in [5, 5.41) is 4.23. The second kappa shape index (κ2) is 8.80. The van der Waals surface area contributed by atoms with Crippen molar-refractivity contribution in [2.24, 2.45) is 0 Å². The van der Waals surface area contributed by atoms with Gasteiger partial charge in [-0.2, -0.15) is 0 Å². The van der Waals surface area contributed by atoms with Crippen molar-refractivity contribution in [3.63, 3.8) is 0 Å². The molecule has 1 N–H and O–H groups in total. The van der Waals surface area contributed by atoms with E-state index < -0.39 is 0 Å². The fourth-order valence-corrected chi connectivity index (χ4v) is 4.52. The maximum Gasteiger partial charge on any atom is 0.170 e. The standard InChI is InChI=1S/C25H23N5OS/c1-31-20-7-4-6-19(16-20)29-15-5-9-22(29)24-23(21-8-2-3-12-27-21)28-25(32)30(24)17-18-10-13-26-14-11-18/h2-16,23-24H,17H2,1H3,(H,28,32)/t23-,24+/m1/s1. The van der Waals surface area contributed by atoms with Crippen molar-refractivity contribution in [1.29, 1.82) is 0 Å². The minimum absolute atomic E-state index is 0.0493. The van der Waals surface area contributed by atoms with Gasteiger partial charge in [0.05, 0.1) is 24.9 Å². The number of nitrogens with zero attached hydrogens (tertiary/aromatic N) is 4. The van der Waals surface area contributed by atoms with Crippen molar-refractivity contribution in [3.05, 3.63) is 108 Å². The van der Waals surface area contributed by atoms with Gasteiger partial charge in [0.25, 0.3) is 0 Å². The lowest BCUT2D eigenvalue weighted by Crippen LogP contribution is -2.30. The van der Waals surface area contributed by atoms with Crippen LogP contribution in [0.2, 0.25) is 0 Å². The van der Waals surface area contributed by atoms with E-state index >= 15 is 0 Å². The number of pyridine rings is 2. The monoisotopic (exact) mass is 441 g/mol. The fraction of sp³-hybridized carbons (Fsp3) is 0.160. The molecule has 1 aromatic carbocycles. The third kappa shape index (κ3) is 3.83. The highest BCUT2D eigenvalue weighted by Gasteiger charge is 2.41.